The van der Waals surface area contributed by atoms with E-state index >= 15 is 0 Å². The fourth-order valence-electron chi connectivity index (χ4n) is 1.86. The van der Waals surface area contributed by atoms with Crippen molar-refractivity contribution >= 4 is 17.8 Å². The molecule has 1 aliphatic heterocycles. The summed E-state index contributed by atoms with van der Waals surface area (Å²) < 4.78 is -0.793. The van der Waals surface area contributed by atoms with E-state index in [1.165, 1.54) is 0 Å². The van der Waals surface area contributed by atoms with Gasteiger partial charge in [0.2, 0.25) is 5.78 Å². The third-order valence-corrected chi connectivity index (χ3v) is 2.76. The zero-order valence-corrected chi connectivity index (χ0v) is 8.82. The monoisotopic (exact) mass is 213 g/mol. The van der Waals surface area contributed by atoms with Crippen molar-refractivity contribution in [2.45, 2.75) is 32.6 Å². The molecule has 15 heavy (non-hydrogen) atoms. The highest BCUT2D eigenvalue weighted by Crippen LogP contribution is 2.20. The number of unbranched alkanes of at least 4 members (excludes halogenated alkanes) is 2. The Hall–Kier alpha value is -1.23. The largest absolute Gasteiger partial charge is 0.498 e. The molecule has 0 aromatic heterocycles. The Morgan fingerprint density at radius 2 is 2.07 bits per heavy atom. The smallest absolute Gasteiger partial charge is 0.327 e. The second-order valence-corrected chi connectivity index (χ2v) is 3.93. The second kappa shape index (κ2) is 4.53. The fourth-order valence-corrected chi connectivity index (χ4v) is 1.86. The Morgan fingerprint density at radius 1 is 1.40 bits per heavy atom. The highest BCUT2D eigenvalue weighted by atomic mass is 16.4. The van der Waals surface area contributed by atoms with E-state index in [2.05, 4.69) is 0 Å². The molecule has 0 spiro atoms. The zero-order valence-electron chi connectivity index (χ0n) is 8.82. The van der Waals surface area contributed by atoms with Crippen molar-refractivity contribution in [2.24, 2.45) is 0 Å². The van der Waals surface area contributed by atoms with E-state index < -0.39 is 16.5 Å². The zero-order chi connectivity index (χ0) is 11.5. The van der Waals surface area contributed by atoms with Crippen LogP contribution in [0.3, 0.4) is 0 Å². The van der Waals surface area contributed by atoms with Crippen molar-refractivity contribution < 1.29 is 24.0 Å². The van der Waals surface area contributed by atoms with Gasteiger partial charge in [-0.25, -0.2) is 9.28 Å². The number of quaternary nitrogens is 1. The molecule has 0 radical (unpaired) electrons. The number of nitrogens with zero attached hydrogens (tertiary/aromatic N) is 1. The van der Waals surface area contributed by atoms with Gasteiger partial charge in [-0.2, -0.15) is 0 Å². The summed E-state index contributed by atoms with van der Waals surface area (Å²) in [7, 11) is 0. The number of Topliss-reactive ketones (excluding diaryl/α,β-unsaturated/α-hetero) is 1. The van der Waals surface area contributed by atoms with Gasteiger partial charge < -0.3 is 9.90 Å². The van der Waals surface area contributed by atoms with E-state index in [-0.39, 0.29) is 25.3 Å². The van der Waals surface area contributed by atoms with E-state index in [0.29, 0.717) is 6.42 Å². The number of ketones is 1. The summed E-state index contributed by atoms with van der Waals surface area (Å²) in [4.78, 5) is 33.5. The molecule has 1 rings (SSSR count). The quantitative estimate of drug-likeness (QED) is 0.369. The Morgan fingerprint density at radius 3 is 2.47 bits per heavy atom. The molecule has 1 saturated heterocycles. The number of likely N-dealkylation sites (tertiary alicyclic amines) is 1. The molecule has 5 nitrogen and oxygen atoms in total. The van der Waals surface area contributed by atoms with Crippen molar-refractivity contribution in [3.63, 3.8) is 0 Å². The second-order valence-electron chi connectivity index (χ2n) is 3.93. The molecular formula is C10H15NO4. The van der Waals surface area contributed by atoms with E-state index in [1.54, 1.807) is 0 Å². The number of imide groups is 1. The van der Waals surface area contributed by atoms with Crippen LogP contribution in [0.4, 0.5) is 4.79 Å². The minimum absolute atomic E-state index is 0.181. The van der Waals surface area contributed by atoms with E-state index in [4.69, 9.17) is 0 Å². The summed E-state index contributed by atoms with van der Waals surface area (Å²) in [6.45, 7) is 1.94. The summed E-state index contributed by atoms with van der Waals surface area (Å²) in [5, 5.41) is 11.0. The first-order chi connectivity index (χ1) is 7.03. The molecule has 5 heteroatoms. The number of hydrogen-bond donors (Lipinski definition) is 0. The molecule has 2 amide bonds. The lowest BCUT2D eigenvalue weighted by Crippen LogP contribution is -2.60. The van der Waals surface area contributed by atoms with Gasteiger partial charge >= 0.3 is 5.91 Å². The molecule has 1 aliphatic rings. The van der Waals surface area contributed by atoms with Crippen LogP contribution in [0.5, 0.6) is 0 Å². The Balaban J connectivity index is 2.75. The molecule has 1 heterocycles. The Kier molecular flexibility index (Phi) is 3.57. The van der Waals surface area contributed by atoms with Crippen LogP contribution in [0, 0.1) is 0 Å². The highest BCUT2D eigenvalue weighted by Gasteiger charge is 2.47. The van der Waals surface area contributed by atoms with Crippen LogP contribution in [0.2, 0.25) is 0 Å². The van der Waals surface area contributed by atoms with Gasteiger partial charge in [0.15, 0.2) is 6.54 Å². The molecule has 1 atom stereocenters. The van der Waals surface area contributed by atoms with Gasteiger partial charge in [0.05, 0.1) is 6.54 Å². The van der Waals surface area contributed by atoms with Crippen LogP contribution >= 0.6 is 0 Å². The van der Waals surface area contributed by atoms with Crippen molar-refractivity contribution in [3.8, 4) is 0 Å². The van der Waals surface area contributed by atoms with Crippen LogP contribution in [-0.4, -0.2) is 35.4 Å². The summed E-state index contributed by atoms with van der Waals surface area (Å²) in [6.07, 6.45) is 0.718. The maximum atomic E-state index is 11.5. The molecule has 0 aliphatic carbocycles. The predicted octanol–water partition coefficient (Wildman–Crippen LogP) is -0.164. The van der Waals surface area contributed by atoms with Gasteiger partial charge in [0.1, 0.15) is 6.42 Å². The molecule has 1 unspecified atom stereocenters. The van der Waals surface area contributed by atoms with Gasteiger partial charge in [-0.3, -0.25) is 4.79 Å². The van der Waals surface area contributed by atoms with Crippen LogP contribution in [0.25, 0.3) is 0 Å². The number of amides is 2. The maximum absolute atomic E-state index is 11.5. The molecule has 0 N–H and O–H groups in total. The molecule has 0 aromatic rings. The lowest BCUT2D eigenvalue weighted by Gasteiger charge is -2.29. The molecule has 84 valence electrons. The normalized spacial score (nSPS) is 25.9. The van der Waals surface area contributed by atoms with E-state index in [0.717, 1.165) is 12.8 Å². The average Bonchev–Trinajstić information content (AvgIpc) is 2.43. The van der Waals surface area contributed by atoms with Crippen molar-refractivity contribution in [1.29, 1.82) is 0 Å². The number of carbonyl (C=O) groups excluding carboxylic acids is 3. The van der Waals surface area contributed by atoms with E-state index in [1.807, 2.05) is 6.92 Å². The maximum Gasteiger partial charge on any atom is 0.327 e. The minimum Gasteiger partial charge on any atom is -0.498 e. The van der Waals surface area contributed by atoms with E-state index in [9.17, 15) is 19.5 Å². The Bertz CT molecular complexity index is 300. The minimum atomic E-state index is -1.44. The van der Waals surface area contributed by atoms with Crippen molar-refractivity contribution in [2.75, 3.05) is 13.1 Å². The van der Waals surface area contributed by atoms with Gasteiger partial charge in [0, 0.05) is 0 Å². The third kappa shape index (κ3) is 2.23. The first kappa shape index (κ1) is 11.8. The van der Waals surface area contributed by atoms with Crippen LogP contribution < -0.4 is 5.11 Å². The average molecular weight is 213 g/mol. The number of carbonyl (C=O) groups is 3. The van der Waals surface area contributed by atoms with Crippen LogP contribution in [0.15, 0.2) is 0 Å². The highest BCUT2D eigenvalue weighted by molar-refractivity contribution is 6.04. The van der Waals surface area contributed by atoms with Gasteiger partial charge in [-0.1, -0.05) is 13.3 Å². The summed E-state index contributed by atoms with van der Waals surface area (Å²) in [5.41, 5.74) is 0. The lowest BCUT2D eigenvalue weighted by atomic mass is 10.2. The van der Waals surface area contributed by atoms with Crippen LogP contribution in [0.1, 0.15) is 32.6 Å². The molecule has 0 aromatic carbocycles. The third-order valence-electron chi connectivity index (χ3n) is 2.76. The first-order valence-corrected chi connectivity index (χ1v) is 5.16. The Labute approximate surface area is 88.3 Å². The van der Waals surface area contributed by atoms with Gasteiger partial charge in [-0.05, 0) is 12.8 Å². The number of hydrogen-bond acceptors (Lipinski definition) is 4. The SMILES string of the molecule is CCCCC[N+]1(C(=O)[O-])CC(=O)CC1=O. The van der Waals surface area contributed by atoms with Gasteiger partial charge in [-0.15, -0.1) is 0 Å². The summed E-state index contributed by atoms with van der Waals surface area (Å²) in [6, 6.07) is 0. The van der Waals surface area contributed by atoms with Crippen molar-refractivity contribution in [3.05, 3.63) is 0 Å². The lowest BCUT2D eigenvalue weighted by molar-refractivity contribution is -0.791. The standard InChI is InChI=1S/C10H15NO4/c1-2-3-4-5-11(10(14)15)7-8(12)6-9(11)13/h2-7H2,1H3. The molecule has 1 fully saturated rings. The van der Waals surface area contributed by atoms with Crippen LogP contribution in [-0.2, 0) is 9.59 Å². The summed E-state index contributed by atoms with van der Waals surface area (Å²) >= 11 is 0. The topological polar surface area (TPSA) is 74.3 Å². The van der Waals surface area contributed by atoms with Crippen molar-refractivity contribution in [1.82, 2.24) is 0 Å². The summed E-state index contributed by atoms with van der Waals surface area (Å²) in [5.74, 6) is -0.836. The number of carboxylic acid groups (broad SMARTS) is 1. The predicted molar refractivity (Wildman–Crippen MR) is 49.5 cm³/mol. The number of rotatable bonds is 4. The molecular weight excluding hydrogens is 198 g/mol. The molecule has 0 saturated carbocycles. The van der Waals surface area contributed by atoms with Gasteiger partial charge in [0.25, 0.3) is 6.09 Å². The fraction of sp³-hybridized carbons (Fsp3) is 0.700. The first-order valence-electron chi connectivity index (χ1n) is 5.16. The molecule has 0 bridgehead atoms.